The molecule has 1 saturated heterocycles. The van der Waals surface area contributed by atoms with Gasteiger partial charge in [0, 0.05) is 31.0 Å². The molecule has 1 unspecified atom stereocenters. The molecule has 8 heteroatoms. The Morgan fingerprint density at radius 2 is 1.76 bits per heavy atom. The van der Waals surface area contributed by atoms with E-state index in [0.717, 1.165) is 23.3 Å². The van der Waals surface area contributed by atoms with Gasteiger partial charge in [-0.2, -0.15) is 0 Å². The molecule has 0 radical (unpaired) electrons. The molecule has 1 aliphatic carbocycles. The third kappa shape index (κ3) is 3.55. The molecule has 33 heavy (non-hydrogen) atoms. The molecule has 0 spiro atoms. The molecule has 170 valence electrons. The van der Waals surface area contributed by atoms with Crippen LogP contribution in [0.2, 0.25) is 0 Å². The maximum Gasteiger partial charge on any atom is 0.262 e. The fourth-order valence-electron chi connectivity index (χ4n) is 5.33. The highest BCUT2D eigenvalue weighted by Crippen LogP contribution is 2.43. The zero-order valence-corrected chi connectivity index (χ0v) is 18.2. The highest BCUT2D eigenvalue weighted by Gasteiger charge is 2.46. The Hall–Kier alpha value is -3.36. The zero-order chi connectivity index (χ0) is 23.2. The van der Waals surface area contributed by atoms with Crippen molar-refractivity contribution in [2.24, 2.45) is 5.73 Å². The first-order chi connectivity index (χ1) is 15.9. The molecular formula is C25H26N4O4. The van der Waals surface area contributed by atoms with Gasteiger partial charge < -0.3 is 11.1 Å². The highest BCUT2D eigenvalue weighted by molar-refractivity contribution is 6.24. The van der Waals surface area contributed by atoms with E-state index in [-0.39, 0.29) is 30.2 Å². The van der Waals surface area contributed by atoms with Crippen LogP contribution < -0.4 is 16.4 Å². The normalized spacial score (nSPS) is 26.8. The van der Waals surface area contributed by atoms with Crippen molar-refractivity contribution in [3.8, 4) is 0 Å². The molecule has 0 aromatic heterocycles. The lowest BCUT2D eigenvalue weighted by molar-refractivity contribution is -0.136. The van der Waals surface area contributed by atoms with Gasteiger partial charge >= 0.3 is 0 Å². The van der Waals surface area contributed by atoms with E-state index in [4.69, 9.17) is 5.73 Å². The van der Waals surface area contributed by atoms with Crippen LogP contribution in [-0.4, -0.2) is 47.2 Å². The number of nitrogens with two attached hydrogens (primary N) is 1. The van der Waals surface area contributed by atoms with Crippen LogP contribution in [0.3, 0.4) is 0 Å². The van der Waals surface area contributed by atoms with Gasteiger partial charge in [0.25, 0.3) is 11.8 Å². The smallest absolute Gasteiger partial charge is 0.262 e. The number of fused-ring (bicyclic) bond motifs is 1. The van der Waals surface area contributed by atoms with Gasteiger partial charge in [-0.05, 0) is 36.5 Å². The Kier molecular flexibility index (Phi) is 5.34. The predicted octanol–water partition coefficient (Wildman–Crippen LogP) is 1.24. The number of hydrogen-bond acceptors (Lipinski definition) is 6. The summed E-state index contributed by atoms with van der Waals surface area (Å²) < 4.78 is 0. The highest BCUT2D eigenvalue weighted by atomic mass is 16.2. The van der Waals surface area contributed by atoms with Crippen LogP contribution in [-0.2, 0) is 21.5 Å². The van der Waals surface area contributed by atoms with Crippen molar-refractivity contribution in [3.63, 3.8) is 0 Å². The summed E-state index contributed by atoms with van der Waals surface area (Å²) in [5.41, 5.74) is 8.69. The summed E-state index contributed by atoms with van der Waals surface area (Å²) in [7, 11) is 0. The molecule has 0 bridgehead atoms. The van der Waals surface area contributed by atoms with Gasteiger partial charge in [0.2, 0.25) is 11.8 Å². The number of benzene rings is 2. The molecule has 2 aromatic rings. The zero-order valence-electron chi connectivity index (χ0n) is 18.2. The Balaban J connectivity index is 1.29. The number of imide groups is 2. The molecule has 2 fully saturated rings. The second kappa shape index (κ2) is 8.20. The van der Waals surface area contributed by atoms with E-state index in [9.17, 15) is 19.2 Å². The number of hydrogen-bond donors (Lipinski definition) is 3. The summed E-state index contributed by atoms with van der Waals surface area (Å²) in [6.07, 6.45) is 2.05. The summed E-state index contributed by atoms with van der Waals surface area (Å²) in [5.74, 6) is -1.95. The van der Waals surface area contributed by atoms with E-state index in [0.29, 0.717) is 24.2 Å². The first-order valence-electron chi connectivity index (χ1n) is 11.3. The van der Waals surface area contributed by atoms with Crippen molar-refractivity contribution in [2.75, 3.05) is 6.54 Å². The minimum absolute atomic E-state index is 0.0358. The van der Waals surface area contributed by atoms with Crippen molar-refractivity contribution in [3.05, 3.63) is 70.8 Å². The minimum atomic E-state index is -0.960. The van der Waals surface area contributed by atoms with Gasteiger partial charge in [-0.25, -0.2) is 0 Å². The Bertz CT molecular complexity index is 1140. The number of piperidine rings is 1. The van der Waals surface area contributed by atoms with Crippen LogP contribution in [0.5, 0.6) is 0 Å². The lowest BCUT2D eigenvalue weighted by Gasteiger charge is -2.48. The van der Waals surface area contributed by atoms with Crippen molar-refractivity contribution in [2.45, 2.75) is 49.7 Å². The van der Waals surface area contributed by atoms with E-state index in [1.807, 2.05) is 24.3 Å². The lowest BCUT2D eigenvalue weighted by atomic mass is 9.61. The molecule has 8 nitrogen and oxygen atoms in total. The second-order valence-electron chi connectivity index (χ2n) is 9.12. The van der Waals surface area contributed by atoms with Crippen LogP contribution in [0.1, 0.15) is 57.5 Å². The molecule has 4 N–H and O–H groups in total. The van der Waals surface area contributed by atoms with Gasteiger partial charge in [0.1, 0.15) is 6.04 Å². The van der Waals surface area contributed by atoms with E-state index < -0.39 is 23.8 Å². The second-order valence-corrected chi connectivity index (χ2v) is 9.12. The van der Waals surface area contributed by atoms with E-state index >= 15 is 0 Å². The van der Waals surface area contributed by atoms with Crippen molar-refractivity contribution in [1.29, 1.82) is 0 Å². The number of nitrogens with one attached hydrogen (secondary N) is 2. The summed E-state index contributed by atoms with van der Waals surface area (Å²) in [5, 5.41) is 5.73. The molecular weight excluding hydrogens is 420 g/mol. The van der Waals surface area contributed by atoms with Crippen LogP contribution in [0.25, 0.3) is 0 Å². The Morgan fingerprint density at radius 3 is 2.45 bits per heavy atom. The number of nitrogens with zero attached hydrogens (tertiary/aromatic N) is 1. The minimum Gasteiger partial charge on any atom is -0.330 e. The number of amides is 4. The van der Waals surface area contributed by atoms with Gasteiger partial charge in [-0.15, -0.1) is 0 Å². The topological polar surface area (TPSA) is 122 Å². The average Bonchev–Trinajstić information content (AvgIpc) is 3.05. The fraction of sp³-hybridized carbons (Fsp3) is 0.360. The molecule has 2 heterocycles. The summed E-state index contributed by atoms with van der Waals surface area (Å²) in [6, 6.07) is 14.8. The SMILES string of the molecule is NCC1(c2ccccc2)CC(NCc2cccc3c2C(=O)N(C2CCC(=O)NC2=O)C3=O)C1. The fourth-order valence-corrected chi connectivity index (χ4v) is 5.33. The number of carbonyl (C=O) groups excluding carboxylic acids is 4. The van der Waals surface area contributed by atoms with Gasteiger partial charge in [-0.3, -0.25) is 29.4 Å². The van der Waals surface area contributed by atoms with Crippen molar-refractivity contribution >= 4 is 23.6 Å². The summed E-state index contributed by atoms with van der Waals surface area (Å²) in [6.45, 7) is 1.01. The van der Waals surface area contributed by atoms with Crippen LogP contribution in [0, 0.1) is 0 Å². The molecule has 3 aliphatic rings. The number of carbonyl (C=O) groups is 4. The van der Waals surface area contributed by atoms with E-state index in [2.05, 4.69) is 22.8 Å². The quantitative estimate of drug-likeness (QED) is 0.574. The first kappa shape index (κ1) is 21.5. The third-order valence-corrected chi connectivity index (χ3v) is 7.19. The standard InChI is InChI=1S/C25H26N4O4/c26-14-25(16-6-2-1-3-7-16)11-17(12-25)27-13-15-5-4-8-18-21(15)24(33)29(23(18)32)19-9-10-20(30)28-22(19)31/h1-8,17,19,27H,9-14,26H2,(H,28,30,31). The average molecular weight is 447 g/mol. The van der Waals surface area contributed by atoms with Gasteiger partial charge in [0.15, 0.2) is 0 Å². The summed E-state index contributed by atoms with van der Waals surface area (Å²) in [4.78, 5) is 51.0. The Labute approximate surface area is 191 Å². The molecule has 4 amide bonds. The van der Waals surface area contributed by atoms with E-state index in [1.165, 1.54) is 5.56 Å². The predicted molar refractivity (Wildman–Crippen MR) is 120 cm³/mol. The largest absolute Gasteiger partial charge is 0.330 e. The maximum absolute atomic E-state index is 13.2. The molecule has 2 aliphatic heterocycles. The van der Waals surface area contributed by atoms with Crippen molar-refractivity contribution in [1.82, 2.24) is 15.5 Å². The summed E-state index contributed by atoms with van der Waals surface area (Å²) >= 11 is 0. The van der Waals surface area contributed by atoms with Gasteiger partial charge in [0.05, 0.1) is 11.1 Å². The van der Waals surface area contributed by atoms with E-state index in [1.54, 1.807) is 12.1 Å². The number of rotatable bonds is 6. The molecule has 5 rings (SSSR count). The van der Waals surface area contributed by atoms with Crippen LogP contribution in [0.15, 0.2) is 48.5 Å². The monoisotopic (exact) mass is 446 g/mol. The first-order valence-corrected chi connectivity index (χ1v) is 11.3. The lowest BCUT2D eigenvalue weighted by Crippen LogP contribution is -2.55. The Morgan fingerprint density at radius 1 is 1.00 bits per heavy atom. The molecule has 1 atom stereocenters. The van der Waals surface area contributed by atoms with Gasteiger partial charge in [-0.1, -0.05) is 42.5 Å². The van der Waals surface area contributed by atoms with Crippen molar-refractivity contribution < 1.29 is 19.2 Å². The van der Waals surface area contributed by atoms with Crippen LogP contribution >= 0.6 is 0 Å². The molecule has 2 aromatic carbocycles. The molecule has 1 saturated carbocycles. The van der Waals surface area contributed by atoms with Crippen LogP contribution in [0.4, 0.5) is 0 Å². The third-order valence-electron chi connectivity index (χ3n) is 7.19. The maximum atomic E-state index is 13.2.